The van der Waals surface area contributed by atoms with Gasteiger partial charge in [0, 0.05) is 31.3 Å². The van der Waals surface area contributed by atoms with Gasteiger partial charge >= 0.3 is 0 Å². The van der Waals surface area contributed by atoms with Crippen LogP contribution in [-0.4, -0.2) is 71.2 Å². The number of anilines is 1. The van der Waals surface area contributed by atoms with Gasteiger partial charge in [-0.3, -0.25) is 19.9 Å². The number of methoxy groups -OCH3 is 1. The molecule has 10 nitrogen and oxygen atoms in total. The van der Waals surface area contributed by atoms with Gasteiger partial charge in [0.05, 0.1) is 36.2 Å². The fourth-order valence-electron chi connectivity index (χ4n) is 9.55. The standard InChI is InChI=1S/C28H33N5O2.C17H27NO2.C11H24.C9H20.C4H10/c1-18-9-10-23-25(13-18)33(16-20-7-5-6-8-20)28(30-23)31-27(34)21-14-19(2)29-24(15-21)22-17-32(3)12-11-26(22)35-4;1-6-8-15(11-10-14(4)13(2)3)16(9-7-12-19)17(20)18-5;1-5-7-11(4)9-8-10(3)6-2;1-4-6-7-8-9(3)5-2;1-3-4-2/h9-10,13-15,17,20H,5-8,11-12,16H2,1-4H3;10-12,16H,2,6-9H2,1,3-5H3,(H,18,20);10-11H,5-9H2,1-4H3;9H,4-8H2,1-3H3;3-4H2,1-2H3/p+1/b;14-10-,15-11+;;;. The Balaban J connectivity index is 0.000000596. The van der Waals surface area contributed by atoms with Gasteiger partial charge in [-0.05, 0) is 112 Å². The molecule has 0 radical (unpaired) electrons. The highest BCUT2D eigenvalue weighted by Gasteiger charge is 2.24. The number of carbonyl (C=O) groups excluding carboxylic acids is 3. The predicted molar refractivity (Wildman–Crippen MR) is 340 cm³/mol. The first-order valence-electron chi connectivity index (χ1n) is 31.1. The van der Waals surface area contributed by atoms with Gasteiger partial charge in [0.1, 0.15) is 31.2 Å². The number of ether oxygens (including phenoxy) is 1. The monoisotopic (exact) mass is 1090 g/mol. The van der Waals surface area contributed by atoms with E-state index >= 15 is 0 Å². The fourth-order valence-corrected chi connectivity index (χ4v) is 9.55. The van der Waals surface area contributed by atoms with Crippen molar-refractivity contribution in [2.24, 2.45) is 29.6 Å². The summed E-state index contributed by atoms with van der Waals surface area (Å²) in [5.74, 6) is 4.55. The summed E-state index contributed by atoms with van der Waals surface area (Å²) in [5, 5.41) is 5.81. The molecule has 4 atom stereocenters. The molecule has 2 aromatic heterocycles. The number of hydrogen-bond acceptors (Lipinski definition) is 6. The van der Waals surface area contributed by atoms with E-state index in [-0.39, 0.29) is 17.7 Å². The summed E-state index contributed by atoms with van der Waals surface area (Å²) in [5.41, 5.74) is 9.38. The summed E-state index contributed by atoms with van der Waals surface area (Å²) in [4.78, 5) is 45.6. The Morgan fingerprint density at radius 1 is 0.823 bits per heavy atom. The minimum Gasteiger partial charge on any atom is -0.500 e. The first kappa shape index (κ1) is 71.9. The molecular weight excluding hydrogens is 977 g/mol. The van der Waals surface area contributed by atoms with Gasteiger partial charge in [-0.2, -0.15) is 0 Å². The maximum absolute atomic E-state index is 13.5. The third kappa shape index (κ3) is 28.2. The molecule has 0 saturated heterocycles. The number of aromatic nitrogens is 3. The molecule has 0 spiro atoms. The third-order valence-corrected chi connectivity index (χ3v) is 15.6. The molecule has 79 heavy (non-hydrogen) atoms. The van der Waals surface area contributed by atoms with Crippen molar-refractivity contribution in [3.05, 3.63) is 94.1 Å². The van der Waals surface area contributed by atoms with Gasteiger partial charge in [-0.15, -0.1) is 0 Å². The van der Waals surface area contributed by atoms with Crippen LogP contribution in [0.2, 0.25) is 0 Å². The van der Waals surface area contributed by atoms with Crippen molar-refractivity contribution >= 4 is 46.9 Å². The molecule has 0 bridgehead atoms. The maximum Gasteiger partial charge on any atom is 0.258 e. The number of pyridine rings is 1. The van der Waals surface area contributed by atoms with E-state index in [0.29, 0.717) is 30.3 Å². The number of unbranched alkanes of at least 4 members (excludes halogenated alkanes) is 3. The highest BCUT2D eigenvalue weighted by Crippen LogP contribution is 2.31. The van der Waals surface area contributed by atoms with Crippen LogP contribution in [-0.2, 0) is 20.9 Å². The first-order chi connectivity index (χ1) is 37.8. The number of fused-ring (bicyclic) bond motifs is 1. The molecule has 10 heteroatoms. The lowest BCUT2D eigenvalue weighted by molar-refractivity contribution is -0.492. The van der Waals surface area contributed by atoms with E-state index in [0.717, 1.165) is 107 Å². The van der Waals surface area contributed by atoms with E-state index in [1.165, 1.54) is 108 Å². The summed E-state index contributed by atoms with van der Waals surface area (Å²) in [6, 6.07) is 9.94. The Hall–Kier alpha value is -5.12. The second-order valence-corrected chi connectivity index (χ2v) is 23.0. The van der Waals surface area contributed by atoms with Crippen molar-refractivity contribution < 1.29 is 23.7 Å². The molecule has 1 saturated carbocycles. The molecule has 1 aliphatic heterocycles. The van der Waals surface area contributed by atoms with Crippen LogP contribution in [0.5, 0.6) is 0 Å². The number of hydrogen-bond donors (Lipinski definition) is 2. The minimum absolute atomic E-state index is 0.0204. The predicted octanol–water partition coefficient (Wildman–Crippen LogP) is 18.2. The normalized spacial score (nSPS) is 15.1. The van der Waals surface area contributed by atoms with E-state index < -0.39 is 0 Å². The van der Waals surface area contributed by atoms with E-state index in [9.17, 15) is 14.4 Å². The SMILES string of the molecule is C=C(C)/C(C)=C\C=C(/CCC)C(CCC=O)C(=O)NC.CCCC.CCCC(C)CCC(C)CC.CCCCCC(C)CC.COC1=C(c2cc(C(=O)Nc3nc4ccc(C)cc4n3CC3CCCC3)cc(C)n2)C=[N+](C)CC1. The Kier molecular flexibility index (Phi) is 38.1. The van der Waals surface area contributed by atoms with Crippen molar-refractivity contribution in [3.63, 3.8) is 0 Å². The van der Waals surface area contributed by atoms with Crippen LogP contribution in [0, 0.1) is 43.4 Å². The lowest BCUT2D eigenvalue weighted by Gasteiger charge is -2.18. The van der Waals surface area contributed by atoms with Crippen LogP contribution in [0.4, 0.5) is 5.95 Å². The molecule has 2 amide bonds. The number of rotatable bonds is 27. The molecule has 3 heterocycles. The van der Waals surface area contributed by atoms with Gasteiger partial charge in [0.15, 0.2) is 6.21 Å². The molecule has 2 aliphatic rings. The topological polar surface area (TPSA) is 118 Å². The first-order valence-corrected chi connectivity index (χ1v) is 31.1. The van der Waals surface area contributed by atoms with E-state index in [4.69, 9.17) is 14.7 Å². The zero-order chi connectivity index (χ0) is 59.3. The van der Waals surface area contributed by atoms with Crippen molar-refractivity contribution in [1.82, 2.24) is 19.9 Å². The Morgan fingerprint density at radius 2 is 1.48 bits per heavy atom. The fraction of sp³-hybridized carbons (Fsp3) is 0.652. The summed E-state index contributed by atoms with van der Waals surface area (Å²) >= 11 is 0. The molecule has 1 fully saturated rings. The lowest BCUT2D eigenvalue weighted by Crippen LogP contribution is -2.29. The second kappa shape index (κ2) is 41.8. The van der Waals surface area contributed by atoms with Gasteiger partial charge in [0.25, 0.3) is 5.91 Å². The average molecular weight is 1090 g/mol. The Labute approximate surface area is 483 Å². The van der Waals surface area contributed by atoms with Crippen molar-refractivity contribution in [2.45, 2.75) is 238 Å². The maximum atomic E-state index is 13.5. The van der Waals surface area contributed by atoms with Crippen molar-refractivity contribution in [3.8, 4) is 0 Å². The second-order valence-electron chi connectivity index (χ2n) is 23.0. The Bertz CT molecular complexity index is 2360. The molecule has 5 rings (SSSR count). The van der Waals surface area contributed by atoms with Crippen molar-refractivity contribution in [1.29, 1.82) is 0 Å². The highest BCUT2D eigenvalue weighted by atomic mass is 16.5. The van der Waals surface area contributed by atoms with Crippen LogP contribution in [0.25, 0.3) is 16.6 Å². The van der Waals surface area contributed by atoms with Crippen LogP contribution < -0.4 is 10.6 Å². The number of nitrogens with one attached hydrogen (secondary N) is 2. The number of carbonyl (C=O) groups is 3. The van der Waals surface area contributed by atoms with E-state index in [2.05, 4.69) is 115 Å². The zero-order valence-electron chi connectivity index (χ0n) is 53.5. The van der Waals surface area contributed by atoms with Crippen LogP contribution in [0.1, 0.15) is 245 Å². The molecule has 444 valence electrons. The molecular formula is C69H115N6O4+. The highest BCUT2D eigenvalue weighted by molar-refractivity contribution is 6.10. The van der Waals surface area contributed by atoms with Gasteiger partial charge in [0.2, 0.25) is 11.9 Å². The summed E-state index contributed by atoms with van der Waals surface area (Å²) in [6.07, 6.45) is 32.2. The number of imidazole rings is 1. The summed E-state index contributed by atoms with van der Waals surface area (Å²) in [7, 11) is 5.36. The number of benzene rings is 1. The zero-order valence-corrected chi connectivity index (χ0v) is 53.5. The number of aldehydes is 1. The molecule has 1 aromatic carbocycles. The molecule has 1 aliphatic carbocycles. The van der Waals surface area contributed by atoms with Crippen LogP contribution >= 0.6 is 0 Å². The largest absolute Gasteiger partial charge is 0.500 e. The van der Waals surface area contributed by atoms with Gasteiger partial charge in [-0.1, -0.05) is 201 Å². The van der Waals surface area contributed by atoms with Gasteiger partial charge < -0.3 is 19.4 Å². The number of allylic oxidation sites excluding steroid dienone is 5. The minimum atomic E-state index is -0.223. The molecule has 3 aromatic rings. The molecule has 4 unspecified atom stereocenters. The van der Waals surface area contributed by atoms with E-state index in [1.54, 1.807) is 14.2 Å². The lowest BCUT2D eigenvalue weighted by atomic mass is 9.89. The average Bonchev–Trinajstić information content (AvgIpc) is 4.18. The Morgan fingerprint density at radius 3 is 2.05 bits per heavy atom. The van der Waals surface area contributed by atoms with Crippen molar-refractivity contribution in [2.75, 3.05) is 33.1 Å². The molecule has 2 N–H and O–H groups in total. The van der Waals surface area contributed by atoms with Crippen LogP contribution in [0.3, 0.4) is 0 Å². The third-order valence-electron chi connectivity index (χ3n) is 15.6. The van der Waals surface area contributed by atoms with Crippen LogP contribution in [0.15, 0.2) is 71.5 Å². The number of aryl methyl sites for hydroxylation is 2. The summed E-state index contributed by atoms with van der Waals surface area (Å²) < 4.78 is 9.95. The van der Waals surface area contributed by atoms with E-state index in [1.807, 2.05) is 64.4 Å². The quantitative estimate of drug-likeness (QED) is 0.0340. The summed E-state index contributed by atoms with van der Waals surface area (Å²) in [6.45, 7) is 36.3. The smallest absolute Gasteiger partial charge is 0.258 e. The number of nitrogens with zero attached hydrogens (tertiary/aromatic N) is 4. The number of amides is 2. The van der Waals surface area contributed by atoms with Gasteiger partial charge in [-0.25, -0.2) is 9.56 Å².